The number of nitrogens with zero attached hydrogens (tertiary/aromatic N) is 3. The fraction of sp³-hybridized carbons (Fsp3) is 0.524. The molecule has 1 aromatic heterocycles. The third kappa shape index (κ3) is 9.17. The van der Waals surface area contributed by atoms with Gasteiger partial charge in [0.1, 0.15) is 6.61 Å². The SMILES string of the molecule is CC.CC.CCN(Cc1ccccc1)[C@@H](C)COc1ncc(C(F)(F)F)cn1. The first-order valence-corrected chi connectivity index (χ1v) is 9.70. The van der Waals surface area contributed by atoms with Crippen molar-refractivity contribution in [3.05, 3.63) is 53.9 Å². The van der Waals surface area contributed by atoms with Crippen LogP contribution in [0.2, 0.25) is 0 Å². The normalized spacial score (nSPS) is 11.6. The number of alkyl halides is 3. The van der Waals surface area contributed by atoms with Crippen molar-refractivity contribution in [1.82, 2.24) is 14.9 Å². The molecule has 0 aliphatic rings. The van der Waals surface area contributed by atoms with Crippen molar-refractivity contribution in [1.29, 1.82) is 0 Å². The second-order valence-electron chi connectivity index (χ2n) is 5.46. The Balaban J connectivity index is 0.00000171. The van der Waals surface area contributed by atoms with E-state index in [0.29, 0.717) is 6.61 Å². The van der Waals surface area contributed by atoms with Crippen molar-refractivity contribution in [2.45, 2.75) is 60.3 Å². The van der Waals surface area contributed by atoms with Gasteiger partial charge >= 0.3 is 12.2 Å². The van der Waals surface area contributed by atoms with Gasteiger partial charge in [-0.25, -0.2) is 9.97 Å². The first-order valence-electron chi connectivity index (χ1n) is 9.70. The van der Waals surface area contributed by atoms with Crippen LogP contribution in [-0.2, 0) is 12.7 Å². The van der Waals surface area contributed by atoms with Gasteiger partial charge in [-0.05, 0) is 19.0 Å². The van der Waals surface area contributed by atoms with Crippen LogP contribution in [0.3, 0.4) is 0 Å². The van der Waals surface area contributed by atoms with Crippen LogP contribution >= 0.6 is 0 Å². The highest BCUT2D eigenvalue weighted by Gasteiger charge is 2.31. The van der Waals surface area contributed by atoms with Crippen LogP contribution < -0.4 is 4.74 Å². The van der Waals surface area contributed by atoms with Gasteiger partial charge in [-0.2, -0.15) is 13.2 Å². The second-order valence-corrected chi connectivity index (χ2v) is 5.46. The minimum Gasteiger partial charge on any atom is -0.462 e. The summed E-state index contributed by atoms with van der Waals surface area (Å²) in [7, 11) is 0. The Bertz CT molecular complexity index is 619. The van der Waals surface area contributed by atoms with Crippen LogP contribution in [0.1, 0.15) is 52.7 Å². The molecule has 158 valence electrons. The van der Waals surface area contributed by atoms with Gasteiger partial charge in [0.2, 0.25) is 0 Å². The quantitative estimate of drug-likeness (QED) is 0.586. The molecule has 0 radical (unpaired) electrons. The smallest absolute Gasteiger partial charge is 0.419 e. The Morgan fingerprint density at radius 2 is 1.54 bits per heavy atom. The van der Waals surface area contributed by atoms with E-state index >= 15 is 0 Å². The van der Waals surface area contributed by atoms with E-state index in [2.05, 4.69) is 27.0 Å². The first-order chi connectivity index (χ1) is 13.4. The Morgan fingerprint density at radius 1 is 1.00 bits per heavy atom. The number of hydrogen-bond donors (Lipinski definition) is 0. The lowest BCUT2D eigenvalue weighted by atomic mass is 10.2. The van der Waals surface area contributed by atoms with Crippen LogP contribution in [0.25, 0.3) is 0 Å². The zero-order valence-electron chi connectivity index (χ0n) is 17.6. The van der Waals surface area contributed by atoms with E-state index in [-0.39, 0.29) is 12.1 Å². The average Bonchev–Trinajstić information content (AvgIpc) is 2.73. The summed E-state index contributed by atoms with van der Waals surface area (Å²) < 4.78 is 42.8. The monoisotopic (exact) mass is 399 g/mol. The van der Waals surface area contributed by atoms with E-state index in [0.717, 1.165) is 25.5 Å². The van der Waals surface area contributed by atoms with Crippen LogP contribution in [0.4, 0.5) is 13.2 Å². The maximum Gasteiger partial charge on any atom is 0.419 e. The molecule has 0 amide bonds. The van der Waals surface area contributed by atoms with Crippen LogP contribution in [0.5, 0.6) is 6.01 Å². The van der Waals surface area contributed by atoms with Crippen molar-refractivity contribution in [3.8, 4) is 6.01 Å². The highest BCUT2D eigenvalue weighted by Crippen LogP contribution is 2.28. The maximum absolute atomic E-state index is 12.5. The fourth-order valence-electron chi connectivity index (χ4n) is 2.23. The van der Waals surface area contributed by atoms with E-state index in [4.69, 9.17) is 4.74 Å². The molecule has 1 atom stereocenters. The molecule has 7 heteroatoms. The Hall–Kier alpha value is -2.15. The van der Waals surface area contributed by atoms with Crippen molar-refractivity contribution >= 4 is 0 Å². The van der Waals surface area contributed by atoms with Gasteiger partial charge in [-0.1, -0.05) is 65.0 Å². The second kappa shape index (κ2) is 13.9. The van der Waals surface area contributed by atoms with Gasteiger partial charge in [0, 0.05) is 25.0 Å². The molecule has 0 fully saturated rings. The molecular weight excluding hydrogens is 367 g/mol. The zero-order valence-corrected chi connectivity index (χ0v) is 17.6. The molecule has 0 aliphatic heterocycles. The number of ether oxygens (including phenoxy) is 1. The largest absolute Gasteiger partial charge is 0.462 e. The van der Waals surface area contributed by atoms with Crippen molar-refractivity contribution < 1.29 is 17.9 Å². The van der Waals surface area contributed by atoms with Gasteiger partial charge in [0.05, 0.1) is 5.56 Å². The molecule has 1 heterocycles. The lowest BCUT2D eigenvalue weighted by molar-refractivity contribution is -0.138. The number of hydrogen-bond acceptors (Lipinski definition) is 4. The van der Waals surface area contributed by atoms with Gasteiger partial charge in [0.25, 0.3) is 0 Å². The lowest BCUT2D eigenvalue weighted by Gasteiger charge is -2.27. The van der Waals surface area contributed by atoms with Crippen molar-refractivity contribution in [2.24, 2.45) is 0 Å². The lowest BCUT2D eigenvalue weighted by Crippen LogP contribution is -2.36. The van der Waals surface area contributed by atoms with Gasteiger partial charge in [-0.15, -0.1) is 0 Å². The summed E-state index contributed by atoms with van der Waals surface area (Å²) in [6.45, 7) is 13.9. The summed E-state index contributed by atoms with van der Waals surface area (Å²) in [6, 6.07) is 10.1. The number of likely N-dealkylation sites (N-methyl/N-ethyl adjacent to an activating group) is 1. The number of aromatic nitrogens is 2. The Labute approximate surface area is 166 Å². The molecule has 0 saturated carbocycles. The van der Waals surface area contributed by atoms with Gasteiger partial charge in [-0.3, -0.25) is 4.90 Å². The third-order valence-corrected chi connectivity index (χ3v) is 3.67. The summed E-state index contributed by atoms with van der Waals surface area (Å²) in [6.07, 6.45) is -2.98. The summed E-state index contributed by atoms with van der Waals surface area (Å²) in [5, 5.41) is 0. The van der Waals surface area contributed by atoms with Gasteiger partial charge in [0.15, 0.2) is 0 Å². The maximum atomic E-state index is 12.5. The summed E-state index contributed by atoms with van der Waals surface area (Å²) in [5.41, 5.74) is 0.305. The molecule has 2 aromatic rings. The summed E-state index contributed by atoms with van der Waals surface area (Å²) in [4.78, 5) is 9.44. The number of rotatable bonds is 7. The number of benzene rings is 1. The third-order valence-electron chi connectivity index (χ3n) is 3.67. The highest BCUT2D eigenvalue weighted by atomic mass is 19.4. The predicted molar refractivity (Wildman–Crippen MR) is 107 cm³/mol. The molecule has 0 saturated heterocycles. The molecule has 0 unspecified atom stereocenters. The predicted octanol–water partition coefficient (Wildman–Crippen LogP) is 5.84. The first kappa shape index (κ1) is 25.9. The molecule has 0 bridgehead atoms. The topological polar surface area (TPSA) is 38.2 Å². The van der Waals surface area contributed by atoms with E-state index in [1.165, 1.54) is 5.56 Å². The Kier molecular flexibility index (Phi) is 12.9. The summed E-state index contributed by atoms with van der Waals surface area (Å²) >= 11 is 0. The van der Waals surface area contributed by atoms with E-state index in [9.17, 15) is 13.2 Å². The zero-order chi connectivity index (χ0) is 21.6. The van der Waals surface area contributed by atoms with E-state index < -0.39 is 11.7 Å². The molecular formula is C21H32F3N3O. The molecule has 0 N–H and O–H groups in total. The molecule has 0 spiro atoms. The molecule has 0 aliphatic carbocycles. The van der Waals surface area contributed by atoms with Gasteiger partial charge < -0.3 is 4.74 Å². The van der Waals surface area contributed by atoms with Crippen LogP contribution in [0.15, 0.2) is 42.7 Å². The minimum atomic E-state index is -4.44. The minimum absolute atomic E-state index is 0.0504. The molecule has 28 heavy (non-hydrogen) atoms. The summed E-state index contributed by atoms with van der Waals surface area (Å²) in [5.74, 6) is 0. The van der Waals surface area contributed by atoms with Crippen molar-refractivity contribution in [3.63, 3.8) is 0 Å². The van der Waals surface area contributed by atoms with Crippen LogP contribution in [0, 0.1) is 0 Å². The van der Waals surface area contributed by atoms with E-state index in [1.54, 1.807) is 0 Å². The fourth-order valence-corrected chi connectivity index (χ4v) is 2.23. The molecule has 2 rings (SSSR count). The standard InChI is InChI=1S/C17H20F3N3O.2C2H6/c1-3-23(11-14-7-5-4-6-8-14)13(2)12-24-16-21-9-15(10-22-16)17(18,19)20;2*1-2/h4-10,13H,3,11-12H2,1-2H3;2*1-2H3/t13-;;/m0../s1. The van der Waals surface area contributed by atoms with Crippen molar-refractivity contribution in [2.75, 3.05) is 13.2 Å². The molecule has 1 aromatic carbocycles. The molecule has 4 nitrogen and oxygen atoms in total. The van der Waals surface area contributed by atoms with Crippen LogP contribution in [-0.4, -0.2) is 34.1 Å². The number of halogens is 3. The highest BCUT2D eigenvalue weighted by molar-refractivity contribution is 5.14. The van der Waals surface area contributed by atoms with E-state index in [1.807, 2.05) is 59.7 Å². The average molecular weight is 400 g/mol. The Morgan fingerprint density at radius 3 is 2.00 bits per heavy atom.